The number of hydrogen-bond acceptors (Lipinski definition) is 6. The third-order valence-corrected chi connectivity index (χ3v) is 6.88. The fourth-order valence-corrected chi connectivity index (χ4v) is 4.68. The summed E-state index contributed by atoms with van der Waals surface area (Å²) in [4.78, 5) is -0.109. The van der Waals surface area contributed by atoms with Crippen LogP contribution in [0.2, 0.25) is 0 Å². The van der Waals surface area contributed by atoms with Gasteiger partial charge in [0.15, 0.2) is 0 Å². The van der Waals surface area contributed by atoms with Crippen molar-refractivity contribution in [2.75, 3.05) is 20.3 Å². The number of rotatable bonds is 5. The van der Waals surface area contributed by atoms with Crippen molar-refractivity contribution in [1.82, 2.24) is 0 Å². The molecule has 2 aromatic rings. The lowest BCUT2D eigenvalue weighted by molar-refractivity contribution is -0.0950. The molecule has 0 saturated carbocycles. The minimum atomic E-state index is -3.94. The van der Waals surface area contributed by atoms with Crippen LogP contribution < -0.4 is 0 Å². The van der Waals surface area contributed by atoms with Gasteiger partial charge in [-0.15, -0.1) is 0 Å². The van der Waals surface area contributed by atoms with Gasteiger partial charge in [0.1, 0.15) is 5.82 Å². The van der Waals surface area contributed by atoms with Crippen LogP contribution in [0.5, 0.6) is 0 Å². The summed E-state index contributed by atoms with van der Waals surface area (Å²) in [5.41, 5.74) is 0.653. The van der Waals surface area contributed by atoms with E-state index in [4.69, 9.17) is 14.7 Å². The van der Waals surface area contributed by atoms with E-state index in [0.29, 0.717) is 42.9 Å². The molecule has 1 N–H and O–H groups in total. The van der Waals surface area contributed by atoms with E-state index in [1.54, 1.807) is 6.92 Å². The molecule has 150 valence electrons. The molecule has 1 aliphatic rings. The molecule has 0 aromatic heterocycles. The molecule has 2 aromatic carbocycles. The number of nitrogens with zero attached hydrogens (tertiary/aromatic N) is 1. The lowest BCUT2D eigenvalue weighted by Gasteiger charge is -2.36. The van der Waals surface area contributed by atoms with Gasteiger partial charge < -0.3 is 14.7 Å². The summed E-state index contributed by atoms with van der Waals surface area (Å²) in [5, 5.41) is 11.9. The molecular weight excluding hydrogens is 385 g/mol. The number of hydrogen-bond donors (Lipinski definition) is 1. The normalized spacial score (nSPS) is 17.5. The van der Waals surface area contributed by atoms with E-state index in [0.717, 1.165) is 6.07 Å². The van der Waals surface area contributed by atoms with Crippen LogP contribution in [-0.2, 0) is 24.9 Å². The van der Waals surface area contributed by atoms with Gasteiger partial charge in [0.05, 0.1) is 21.1 Å². The van der Waals surface area contributed by atoms with Crippen molar-refractivity contribution in [2.45, 2.75) is 35.2 Å². The Balaban J connectivity index is 2.04. The molecule has 3 rings (SSSR count). The third-order valence-electron chi connectivity index (χ3n) is 5.13. The summed E-state index contributed by atoms with van der Waals surface area (Å²) in [5.74, 6) is -0.640. The average molecular weight is 407 g/mol. The summed E-state index contributed by atoms with van der Waals surface area (Å²) in [6.07, 6.45) is 1.03. The maximum absolute atomic E-state index is 14.4. The highest BCUT2D eigenvalue weighted by atomic mass is 32.2. The second kappa shape index (κ2) is 7.98. The summed E-state index contributed by atoms with van der Waals surface area (Å²) >= 11 is 0. The molecule has 1 aliphatic heterocycles. The van der Waals surface area contributed by atoms with Crippen LogP contribution >= 0.6 is 0 Å². The van der Waals surface area contributed by atoms with Crippen LogP contribution in [0.25, 0.3) is 0 Å². The summed E-state index contributed by atoms with van der Waals surface area (Å²) in [6, 6.07) is 9.69. The molecule has 0 aliphatic carbocycles. The predicted octanol–water partition coefficient (Wildman–Crippen LogP) is 3.51. The quantitative estimate of drug-likeness (QED) is 0.466. The van der Waals surface area contributed by atoms with E-state index >= 15 is 0 Å². The van der Waals surface area contributed by atoms with Gasteiger partial charge in [-0.25, -0.2) is 12.8 Å². The molecule has 0 spiro atoms. The maximum Gasteiger partial charge on any atom is 0.206 e. The van der Waals surface area contributed by atoms with Crippen molar-refractivity contribution in [2.24, 2.45) is 5.16 Å². The van der Waals surface area contributed by atoms with Crippen LogP contribution in [0.4, 0.5) is 4.39 Å². The van der Waals surface area contributed by atoms with Crippen LogP contribution in [-0.4, -0.2) is 39.7 Å². The standard InChI is InChI=1S/C20H22FNO5S/c1-14(22-23)15-3-5-18(6-4-15)28(24,25)19-12-16(11-17(21)13-19)20(26-2)7-9-27-10-8-20/h3-6,11-13,23H,7-10H2,1-2H3. The average Bonchev–Trinajstić information content (AvgIpc) is 2.73. The first-order valence-electron chi connectivity index (χ1n) is 8.80. The highest BCUT2D eigenvalue weighted by Crippen LogP contribution is 2.37. The first-order valence-corrected chi connectivity index (χ1v) is 10.3. The molecule has 0 amide bonds. The largest absolute Gasteiger partial charge is 0.411 e. The molecular formula is C20H22FNO5S. The monoisotopic (exact) mass is 407 g/mol. The number of ether oxygens (including phenoxy) is 2. The van der Waals surface area contributed by atoms with Gasteiger partial charge in [-0.05, 0) is 48.4 Å². The van der Waals surface area contributed by atoms with Gasteiger partial charge in [-0.1, -0.05) is 17.3 Å². The van der Waals surface area contributed by atoms with Crippen LogP contribution in [0, 0.1) is 5.82 Å². The molecule has 0 radical (unpaired) electrons. The van der Waals surface area contributed by atoms with E-state index in [1.807, 2.05) is 0 Å². The Morgan fingerprint density at radius 3 is 2.36 bits per heavy atom. The van der Waals surface area contributed by atoms with Crippen molar-refractivity contribution >= 4 is 15.5 Å². The van der Waals surface area contributed by atoms with Crippen molar-refractivity contribution in [3.8, 4) is 0 Å². The van der Waals surface area contributed by atoms with E-state index in [2.05, 4.69) is 5.16 Å². The first kappa shape index (κ1) is 20.4. The number of oxime groups is 1. The summed E-state index contributed by atoms with van der Waals surface area (Å²) in [7, 11) is -2.40. The zero-order valence-electron chi connectivity index (χ0n) is 15.7. The zero-order chi connectivity index (χ0) is 20.4. The van der Waals surface area contributed by atoms with Crippen LogP contribution in [0.1, 0.15) is 30.9 Å². The molecule has 1 heterocycles. The SMILES string of the molecule is COC1(c2cc(F)cc(S(=O)(=O)c3ccc(C(C)=NO)cc3)c2)CCOCC1. The molecule has 28 heavy (non-hydrogen) atoms. The molecule has 1 fully saturated rings. The Kier molecular flexibility index (Phi) is 5.83. The van der Waals surface area contributed by atoms with Crippen molar-refractivity contribution in [3.05, 3.63) is 59.4 Å². The Bertz CT molecular complexity index is 980. The number of halogens is 1. The van der Waals surface area contributed by atoms with Crippen molar-refractivity contribution in [3.63, 3.8) is 0 Å². The number of benzene rings is 2. The first-order chi connectivity index (χ1) is 13.3. The van der Waals surface area contributed by atoms with E-state index in [9.17, 15) is 12.8 Å². The van der Waals surface area contributed by atoms with E-state index in [-0.39, 0.29) is 9.79 Å². The van der Waals surface area contributed by atoms with Gasteiger partial charge in [0.25, 0.3) is 0 Å². The smallest absolute Gasteiger partial charge is 0.206 e. The highest BCUT2D eigenvalue weighted by Gasteiger charge is 2.36. The second-order valence-electron chi connectivity index (χ2n) is 6.70. The summed E-state index contributed by atoms with van der Waals surface area (Å²) < 4.78 is 51.5. The number of methoxy groups -OCH3 is 1. The topological polar surface area (TPSA) is 85.2 Å². The van der Waals surface area contributed by atoms with E-state index < -0.39 is 21.3 Å². The minimum absolute atomic E-state index is 0.0250. The third kappa shape index (κ3) is 3.80. The molecule has 8 heteroatoms. The van der Waals surface area contributed by atoms with Gasteiger partial charge >= 0.3 is 0 Å². The highest BCUT2D eigenvalue weighted by molar-refractivity contribution is 7.91. The van der Waals surface area contributed by atoms with Gasteiger partial charge in [-0.3, -0.25) is 0 Å². The Morgan fingerprint density at radius 1 is 1.14 bits per heavy atom. The van der Waals surface area contributed by atoms with Crippen LogP contribution in [0.3, 0.4) is 0 Å². The van der Waals surface area contributed by atoms with Crippen LogP contribution in [0.15, 0.2) is 57.4 Å². The van der Waals surface area contributed by atoms with Gasteiger partial charge in [0, 0.05) is 33.2 Å². The van der Waals surface area contributed by atoms with Gasteiger partial charge in [0.2, 0.25) is 9.84 Å². The summed E-state index contributed by atoms with van der Waals surface area (Å²) in [6.45, 7) is 2.51. The molecule has 0 unspecified atom stereocenters. The molecule has 1 saturated heterocycles. The Labute approximate surface area is 163 Å². The zero-order valence-corrected chi connectivity index (χ0v) is 16.5. The molecule has 0 atom stereocenters. The van der Waals surface area contributed by atoms with Crippen molar-refractivity contribution < 1.29 is 27.5 Å². The minimum Gasteiger partial charge on any atom is -0.411 e. The number of sulfone groups is 1. The lowest BCUT2D eigenvalue weighted by atomic mass is 9.86. The second-order valence-corrected chi connectivity index (χ2v) is 8.65. The Hall–Kier alpha value is -2.29. The molecule has 6 nitrogen and oxygen atoms in total. The van der Waals surface area contributed by atoms with Gasteiger partial charge in [-0.2, -0.15) is 0 Å². The predicted molar refractivity (Wildman–Crippen MR) is 101 cm³/mol. The van der Waals surface area contributed by atoms with Crippen molar-refractivity contribution in [1.29, 1.82) is 0 Å². The maximum atomic E-state index is 14.4. The molecule has 0 bridgehead atoms. The lowest BCUT2D eigenvalue weighted by Crippen LogP contribution is -2.35. The fourth-order valence-electron chi connectivity index (χ4n) is 3.36. The fraction of sp³-hybridized carbons (Fsp3) is 0.350. The Morgan fingerprint density at radius 2 is 1.79 bits per heavy atom. The van der Waals surface area contributed by atoms with E-state index in [1.165, 1.54) is 43.5 Å².